The Labute approximate surface area is 184 Å². The average Bonchev–Trinajstić information content (AvgIpc) is 3.44. The number of carbonyl (C=O) groups excluding carboxylic acids is 2. The number of nitriles is 1. The lowest BCUT2D eigenvalue weighted by atomic mass is 10.1. The number of nitrogens with zero attached hydrogens (tertiary/aromatic N) is 3. The largest absolute Gasteiger partial charge is 0.486 e. The molecule has 2 aromatic heterocycles. The molecule has 32 heavy (non-hydrogen) atoms. The first-order valence-electron chi connectivity index (χ1n) is 9.94. The molecule has 1 aromatic carbocycles. The Morgan fingerprint density at radius 1 is 1.19 bits per heavy atom. The Hall–Kier alpha value is -4.19. The van der Waals surface area contributed by atoms with Gasteiger partial charge in [-0.2, -0.15) is 5.26 Å². The minimum atomic E-state index is -0.790. The van der Waals surface area contributed by atoms with Crippen molar-refractivity contribution in [3.63, 3.8) is 0 Å². The standard InChI is InChI=1S/C23H21N3O6/c1-15-21(17(12-24)22(32-15)26-7-3-4-8-26)23(28)31-14-20(27)25(2)13-16-5-6-18-19(11-16)30-10-9-29-18/h3-8,11H,9-10,13-14H2,1-2H3. The van der Waals surface area contributed by atoms with Gasteiger partial charge in [-0.15, -0.1) is 0 Å². The summed E-state index contributed by atoms with van der Waals surface area (Å²) in [6.07, 6.45) is 3.40. The van der Waals surface area contributed by atoms with Crippen LogP contribution in [0.5, 0.6) is 11.5 Å². The number of benzene rings is 1. The van der Waals surface area contributed by atoms with E-state index in [4.69, 9.17) is 18.6 Å². The molecule has 0 fully saturated rings. The number of rotatable bonds is 6. The molecule has 0 unspecified atom stereocenters. The minimum Gasteiger partial charge on any atom is -0.486 e. The van der Waals surface area contributed by atoms with Crippen molar-refractivity contribution in [1.29, 1.82) is 5.26 Å². The number of likely N-dealkylation sites (N-methyl/N-ethyl adjacent to an activating group) is 1. The molecule has 0 atom stereocenters. The van der Waals surface area contributed by atoms with Gasteiger partial charge in [0, 0.05) is 26.0 Å². The highest BCUT2D eigenvalue weighted by atomic mass is 16.6. The first-order valence-corrected chi connectivity index (χ1v) is 9.94. The second-order valence-corrected chi connectivity index (χ2v) is 7.22. The molecule has 0 N–H and O–H groups in total. The third-order valence-corrected chi connectivity index (χ3v) is 5.00. The average molecular weight is 435 g/mol. The van der Waals surface area contributed by atoms with Gasteiger partial charge in [0.15, 0.2) is 18.1 Å². The topological polar surface area (TPSA) is 107 Å². The Balaban J connectivity index is 1.40. The number of hydrogen-bond donors (Lipinski definition) is 0. The maximum Gasteiger partial charge on any atom is 0.343 e. The molecule has 0 aliphatic carbocycles. The van der Waals surface area contributed by atoms with Crippen LogP contribution in [0.15, 0.2) is 47.1 Å². The number of amides is 1. The van der Waals surface area contributed by atoms with Gasteiger partial charge in [0.05, 0.1) is 0 Å². The Kier molecular flexibility index (Phi) is 5.85. The smallest absolute Gasteiger partial charge is 0.343 e. The highest BCUT2D eigenvalue weighted by molar-refractivity contribution is 5.95. The van der Waals surface area contributed by atoms with Crippen LogP contribution in [0.1, 0.15) is 27.2 Å². The number of aromatic nitrogens is 1. The van der Waals surface area contributed by atoms with Crippen LogP contribution >= 0.6 is 0 Å². The molecule has 3 aromatic rings. The van der Waals surface area contributed by atoms with Crippen LogP contribution in [-0.4, -0.2) is 48.2 Å². The van der Waals surface area contributed by atoms with Crippen molar-refractivity contribution in [1.82, 2.24) is 9.47 Å². The van der Waals surface area contributed by atoms with Crippen LogP contribution in [0.3, 0.4) is 0 Å². The van der Waals surface area contributed by atoms with Crippen LogP contribution < -0.4 is 9.47 Å². The molecule has 4 rings (SSSR count). The number of esters is 1. The lowest BCUT2D eigenvalue weighted by Crippen LogP contribution is -2.31. The second kappa shape index (κ2) is 8.89. The minimum absolute atomic E-state index is 0.0125. The fourth-order valence-corrected chi connectivity index (χ4v) is 3.39. The third kappa shape index (κ3) is 4.16. The Morgan fingerprint density at radius 3 is 2.62 bits per heavy atom. The van der Waals surface area contributed by atoms with Gasteiger partial charge in [-0.3, -0.25) is 9.36 Å². The van der Waals surface area contributed by atoms with Crippen LogP contribution in [0, 0.1) is 18.3 Å². The van der Waals surface area contributed by atoms with E-state index in [0.29, 0.717) is 31.3 Å². The summed E-state index contributed by atoms with van der Waals surface area (Å²) in [5.74, 6) is 0.599. The van der Waals surface area contributed by atoms with Gasteiger partial charge in [0.25, 0.3) is 5.91 Å². The maximum absolute atomic E-state index is 12.6. The zero-order valence-electron chi connectivity index (χ0n) is 17.7. The lowest BCUT2D eigenvalue weighted by molar-refractivity contribution is -0.133. The summed E-state index contributed by atoms with van der Waals surface area (Å²) >= 11 is 0. The number of hydrogen-bond acceptors (Lipinski definition) is 7. The summed E-state index contributed by atoms with van der Waals surface area (Å²) in [5.41, 5.74) is 0.921. The normalized spacial score (nSPS) is 12.2. The van der Waals surface area contributed by atoms with Crippen LogP contribution in [0.2, 0.25) is 0 Å². The maximum atomic E-state index is 12.6. The Morgan fingerprint density at radius 2 is 1.91 bits per heavy atom. The summed E-state index contributed by atoms with van der Waals surface area (Å²) < 4.78 is 23.5. The second-order valence-electron chi connectivity index (χ2n) is 7.22. The van der Waals surface area contributed by atoms with Gasteiger partial charge in [0.2, 0.25) is 5.88 Å². The van der Waals surface area contributed by atoms with Gasteiger partial charge in [0.1, 0.15) is 36.2 Å². The van der Waals surface area contributed by atoms with E-state index < -0.39 is 18.5 Å². The summed E-state index contributed by atoms with van der Waals surface area (Å²) in [6, 6.07) is 11.0. The van der Waals surface area contributed by atoms with E-state index >= 15 is 0 Å². The van der Waals surface area contributed by atoms with Crippen LogP contribution in [0.4, 0.5) is 0 Å². The molecule has 3 heterocycles. The summed E-state index contributed by atoms with van der Waals surface area (Å²) in [7, 11) is 1.61. The fraction of sp³-hybridized carbons (Fsp3) is 0.261. The molecule has 1 aliphatic heterocycles. The van der Waals surface area contributed by atoms with Crippen molar-refractivity contribution in [3.8, 4) is 23.5 Å². The van der Waals surface area contributed by atoms with Gasteiger partial charge in [-0.25, -0.2) is 4.79 Å². The molecule has 9 heteroatoms. The van der Waals surface area contributed by atoms with Gasteiger partial charge in [-0.1, -0.05) is 6.07 Å². The molecule has 0 radical (unpaired) electrons. The fourth-order valence-electron chi connectivity index (χ4n) is 3.39. The van der Waals surface area contributed by atoms with E-state index in [1.165, 1.54) is 4.90 Å². The third-order valence-electron chi connectivity index (χ3n) is 5.00. The molecule has 164 valence electrons. The first-order chi connectivity index (χ1) is 15.5. The first kappa shape index (κ1) is 21.1. The highest BCUT2D eigenvalue weighted by Gasteiger charge is 2.26. The van der Waals surface area contributed by atoms with Crippen molar-refractivity contribution in [2.45, 2.75) is 13.5 Å². The highest BCUT2D eigenvalue weighted by Crippen LogP contribution is 2.31. The zero-order chi connectivity index (χ0) is 22.7. The van der Waals surface area contributed by atoms with E-state index in [1.807, 2.05) is 18.2 Å². The van der Waals surface area contributed by atoms with E-state index in [1.54, 1.807) is 49.1 Å². The number of furan rings is 1. The van der Waals surface area contributed by atoms with Crippen LogP contribution in [0.25, 0.3) is 5.88 Å². The van der Waals surface area contributed by atoms with Gasteiger partial charge < -0.3 is 23.5 Å². The molecule has 9 nitrogen and oxygen atoms in total. The molecule has 0 spiro atoms. The molecule has 0 saturated heterocycles. The summed E-state index contributed by atoms with van der Waals surface area (Å²) in [4.78, 5) is 26.6. The van der Waals surface area contributed by atoms with E-state index in [2.05, 4.69) is 0 Å². The number of ether oxygens (including phenoxy) is 3. The molecular weight excluding hydrogens is 414 g/mol. The predicted octanol–water partition coefficient (Wildman–Crippen LogP) is 2.84. The zero-order valence-corrected chi connectivity index (χ0v) is 17.7. The van der Waals surface area contributed by atoms with E-state index in [0.717, 1.165) is 5.56 Å². The monoisotopic (exact) mass is 435 g/mol. The lowest BCUT2D eigenvalue weighted by Gasteiger charge is -2.21. The van der Waals surface area contributed by atoms with Crippen molar-refractivity contribution in [2.75, 3.05) is 26.9 Å². The number of aryl methyl sites for hydroxylation is 1. The van der Waals surface area contributed by atoms with Crippen LogP contribution in [-0.2, 0) is 16.1 Å². The molecular formula is C23H21N3O6. The number of carbonyl (C=O) groups is 2. The molecule has 0 bridgehead atoms. The summed E-state index contributed by atoms with van der Waals surface area (Å²) in [5, 5.41) is 9.55. The predicted molar refractivity (Wildman–Crippen MR) is 112 cm³/mol. The SMILES string of the molecule is Cc1oc(-n2cccc2)c(C#N)c1C(=O)OCC(=O)N(C)Cc1ccc2c(c1)OCCO2. The Bertz CT molecular complexity index is 1190. The molecule has 1 aliphatic rings. The van der Waals surface area contributed by atoms with E-state index in [9.17, 15) is 14.9 Å². The quantitative estimate of drug-likeness (QED) is 0.548. The van der Waals surface area contributed by atoms with Crippen molar-refractivity contribution in [3.05, 3.63) is 65.2 Å². The number of fused-ring (bicyclic) bond motifs is 1. The van der Waals surface area contributed by atoms with Gasteiger partial charge in [-0.05, 0) is 36.8 Å². The molecule has 1 amide bonds. The summed E-state index contributed by atoms with van der Waals surface area (Å²) in [6.45, 7) is 2.39. The van der Waals surface area contributed by atoms with Crippen molar-refractivity contribution in [2.24, 2.45) is 0 Å². The van der Waals surface area contributed by atoms with Crippen molar-refractivity contribution >= 4 is 11.9 Å². The molecule has 0 saturated carbocycles. The van der Waals surface area contributed by atoms with Gasteiger partial charge >= 0.3 is 5.97 Å². The van der Waals surface area contributed by atoms with E-state index in [-0.39, 0.29) is 22.8 Å². The van der Waals surface area contributed by atoms with Crippen molar-refractivity contribution < 1.29 is 28.2 Å².